The monoisotopic (exact) mass is 307 g/mol. The van der Waals surface area contributed by atoms with Gasteiger partial charge in [0.05, 0.1) is 11.4 Å². The summed E-state index contributed by atoms with van der Waals surface area (Å²) in [7, 11) is -2.13. The first-order chi connectivity index (χ1) is 8.25. The molecule has 0 saturated carbocycles. The van der Waals surface area contributed by atoms with E-state index >= 15 is 0 Å². The molecule has 0 saturated heterocycles. The molecule has 1 amide bonds. The zero-order valence-electron chi connectivity index (χ0n) is 11.0. The van der Waals surface area contributed by atoms with E-state index in [1.54, 1.807) is 20.9 Å². The number of carbonyl (C=O) groups excluding carboxylic acids is 1. The van der Waals surface area contributed by atoms with Crippen molar-refractivity contribution in [1.82, 2.24) is 5.32 Å². The first kappa shape index (κ1) is 17.8. The molecule has 0 unspecified atom stereocenters. The SMILES string of the molecule is CNCC(=O)Nc1cc(S(N)(=O)=O)cc(C)c1C.Cl. The molecule has 19 heavy (non-hydrogen) atoms. The van der Waals surface area contributed by atoms with Gasteiger partial charge in [0, 0.05) is 5.69 Å². The summed E-state index contributed by atoms with van der Waals surface area (Å²) in [6, 6.07) is 2.85. The van der Waals surface area contributed by atoms with Crippen molar-refractivity contribution in [3.63, 3.8) is 0 Å². The summed E-state index contributed by atoms with van der Waals surface area (Å²) in [4.78, 5) is 11.5. The first-order valence-corrected chi connectivity index (χ1v) is 6.89. The highest BCUT2D eigenvalue weighted by Gasteiger charge is 2.13. The van der Waals surface area contributed by atoms with Crippen LogP contribution in [0.15, 0.2) is 17.0 Å². The third-order valence-corrected chi connectivity index (χ3v) is 3.47. The summed E-state index contributed by atoms with van der Waals surface area (Å²) in [5.41, 5.74) is 2.02. The highest BCUT2D eigenvalue weighted by atomic mass is 35.5. The van der Waals surface area contributed by atoms with Crippen LogP contribution in [0.2, 0.25) is 0 Å². The Bertz CT molecular complexity index is 573. The van der Waals surface area contributed by atoms with Crippen molar-refractivity contribution in [2.45, 2.75) is 18.7 Å². The van der Waals surface area contributed by atoms with Crippen molar-refractivity contribution >= 4 is 34.0 Å². The van der Waals surface area contributed by atoms with Gasteiger partial charge in [0.15, 0.2) is 0 Å². The lowest BCUT2D eigenvalue weighted by Crippen LogP contribution is -2.25. The van der Waals surface area contributed by atoms with Crippen LogP contribution >= 0.6 is 12.4 Å². The number of rotatable bonds is 4. The number of aryl methyl sites for hydroxylation is 1. The maximum atomic E-state index is 11.5. The smallest absolute Gasteiger partial charge is 0.238 e. The minimum Gasteiger partial charge on any atom is -0.325 e. The zero-order chi connectivity index (χ0) is 13.9. The van der Waals surface area contributed by atoms with Gasteiger partial charge in [0.1, 0.15) is 0 Å². The Kier molecular flexibility index (Phi) is 6.44. The van der Waals surface area contributed by atoms with Gasteiger partial charge in [-0.25, -0.2) is 13.6 Å². The number of nitrogens with two attached hydrogens (primary N) is 1. The number of carbonyl (C=O) groups is 1. The number of primary sulfonamides is 1. The number of sulfonamides is 1. The van der Waals surface area contributed by atoms with Gasteiger partial charge in [-0.1, -0.05) is 0 Å². The summed E-state index contributed by atoms with van der Waals surface area (Å²) in [5.74, 6) is -0.244. The standard InChI is InChI=1S/C11H17N3O3S.ClH/c1-7-4-9(18(12,16)17)5-10(8(7)2)14-11(15)6-13-3;/h4-5,13H,6H2,1-3H3,(H,14,15)(H2,12,16,17);1H. The summed E-state index contributed by atoms with van der Waals surface area (Å²) in [5, 5.41) is 10.4. The molecule has 4 N–H and O–H groups in total. The van der Waals surface area contributed by atoms with E-state index in [0.717, 1.165) is 11.1 Å². The molecule has 1 aromatic rings. The number of hydrogen-bond acceptors (Lipinski definition) is 4. The van der Waals surface area contributed by atoms with Crippen LogP contribution in [0.1, 0.15) is 11.1 Å². The van der Waals surface area contributed by atoms with Gasteiger partial charge >= 0.3 is 0 Å². The van der Waals surface area contributed by atoms with Gasteiger partial charge in [-0.05, 0) is 44.2 Å². The Morgan fingerprint density at radius 3 is 2.37 bits per heavy atom. The fraction of sp³-hybridized carbons (Fsp3) is 0.364. The normalized spacial score (nSPS) is 10.7. The van der Waals surface area contributed by atoms with Gasteiger partial charge in [-0.2, -0.15) is 0 Å². The third kappa shape index (κ3) is 4.79. The zero-order valence-corrected chi connectivity index (χ0v) is 12.6. The maximum Gasteiger partial charge on any atom is 0.238 e. The fourth-order valence-corrected chi connectivity index (χ4v) is 2.10. The Balaban J connectivity index is 0.00000324. The molecule has 0 fully saturated rings. The third-order valence-electron chi connectivity index (χ3n) is 2.58. The molecule has 0 heterocycles. The molecule has 0 aliphatic rings. The summed E-state index contributed by atoms with van der Waals surface area (Å²) < 4.78 is 22.6. The molecule has 8 heteroatoms. The Labute approximate surface area is 119 Å². The molecule has 0 atom stereocenters. The van der Waals surface area contributed by atoms with Crippen LogP contribution in [-0.2, 0) is 14.8 Å². The minimum atomic E-state index is -3.78. The maximum absolute atomic E-state index is 11.5. The number of amides is 1. The lowest BCUT2D eigenvalue weighted by Gasteiger charge is -2.12. The van der Waals surface area contributed by atoms with E-state index in [0.29, 0.717) is 5.69 Å². The quantitative estimate of drug-likeness (QED) is 0.755. The molecule has 1 aromatic carbocycles. The molecular formula is C11H18ClN3O3S. The van der Waals surface area contributed by atoms with Crippen molar-refractivity contribution < 1.29 is 13.2 Å². The highest BCUT2D eigenvalue weighted by molar-refractivity contribution is 7.89. The lowest BCUT2D eigenvalue weighted by atomic mass is 10.1. The molecule has 1 rings (SSSR count). The molecule has 0 aromatic heterocycles. The number of likely N-dealkylation sites (N-methyl/N-ethyl adjacent to an activating group) is 1. The van der Waals surface area contributed by atoms with Crippen molar-refractivity contribution in [1.29, 1.82) is 0 Å². The Morgan fingerprint density at radius 2 is 1.89 bits per heavy atom. The van der Waals surface area contributed by atoms with Crippen molar-refractivity contribution in [2.24, 2.45) is 5.14 Å². The number of benzene rings is 1. The largest absolute Gasteiger partial charge is 0.325 e. The van der Waals surface area contributed by atoms with E-state index < -0.39 is 10.0 Å². The van der Waals surface area contributed by atoms with Crippen LogP contribution in [0.25, 0.3) is 0 Å². The van der Waals surface area contributed by atoms with Crippen LogP contribution in [-0.4, -0.2) is 27.9 Å². The van der Waals surface area contributed by atoms with Crippen LogP contribution in [0, 0.1) is 13.8 Å². The van der Waals surface area contributed by atoms with Crippen LogP contribution < -0.4 is 15.8 Å². The number of hydrogen-bond donors (Lipinski definition) is 3. The van der Waals surface area contributed by atoms with E-state index in [1.165, 1.54) is 12.1 Å². The predicted octanol–water partition coefficient (Wildman–Crippen LogP) is 0.531. The fourth-order valence-electron chi connectivity index (χ4n) is 1.48. The second-order valence-corrected chi connectivity index (χ2v) is 5.60. The number of nitrogens with one attached hydrogen (secondary N) is 2. The topological polar surface area (TPSA) is 101 Å². The Hall–Kier alpha value is -1.15. The summed E-state index contributed by atoms with van der Waals surface area (Å²) >= 11 is 0. The minimum absolute atomic E-state index is 0. The molecule has 0 spiro atoms. The van der Waals surface area contributed by atoms with E-state index in [9.17, 15) is 13.2 Å². The van der Waals surface area contributed by atoms with Crippen LogP contribution in [0.5, 0.6) is 0 Å². The van der Waals surface area contributed by atoms with Crippen LogP contribution in [0.3, 0.4) is 0 Å². The van der Waals surface area contributed by atoms with Gasteiger partial charge < -0.3 is 10.6 Å². The van der Waals surface area contributed by atoms with Gasteiger partial charge in [0.2, 0.25) is 15.9 Å². The second-order valence-electron chi connectivity index (χ2n) is 4.04. The summed E-state index contributed by atoms with van der Waals surface area (Å²) in [6.07, 6.45) is 0. The van der Waals surface area contributed by atoms with Crippen molar-refractivity contribution in [2.75, 3.05) is 18.9 Å². The average Bonchev–Trinajstić information content (AvgIpc) is 2.23. The van der Waals surface area contributed by atoms with Crippen LogP contribution in [0.4, 0.5) is 5.69 Å². The Morgan fingerprint density at radius 1 is 1.32 bits per heavy atom. The predicted molar refractivity (Wildman–Crippen MR) is 77.1 cm³/mol. The average molecular weight is 308 g/mol. The lowest BCUT2D eigenvalue weighted by molar-refractivity contribution is -0.115. The molecule has 0 aliphatic heterocycles. The molecular weight excluding hydrogens is 290 g/mol. The first-order valence-electron chi connectivity index (χ1n) is 5.34. The summed E-state index contributed by atoms with van der Waals surface area (Å²) in [6.45, 7) is 3.72. The molecule has 0 aliphatic carbocycles. The van der Waals surface area contributed by atoms with Crippen molar-refractivity contribution in [3.05, 3.63) is 23.3 Å². The van der Waals surface area contributed by atoms with Gasteiger partial charge in [-0.3, -0.25) is 4.79 Å². The van der Waals surface area contributed by atoms with E-state index in [1.807, 2.05) is 0 Å². The second kappa shape index (κ2) is 6.85. The number of halogens is 1. The number of anilines is 1. The van der Waals surface area contributed by atoms with E-state index in [2.05, 4.69) is 10.6 Å². The molecule has 0 bridgehead atoms. The van der Waals surface area contributed by atoms with E-state index in [4.69, 9.17) is 5.14 Å². The van der Waals surface area contributed by atoms with Gasteiger partial charge in [0.25, 0.3) is 0 Å². The molecule has 6 nitrogen and oxygen atoms in total. The van der Waals surface area contributed by atoms with E-state index in [-0.39, 0.29) is 29.8 Å². The van der Waals surface area contributed by atoms with Crippen molar-refractivity contribution in [3.8, 4) is 0 Å². The van der Waals surface area contributed by atoms with Gasteiger partial charge in [-0.15, -0.1) is 12.4 Å². The molecule has 0 radical (unpaired) electrons. The highest BCUT2D eigenvalue weighted by Crippen LogP contribution is 2.23. The molecule has 108 valence electrons.